The van der Waals surface area contributed by atoms with Gasteiger partial charge in [0.25, 0.3) is 5.91 Å². The summed E-state index contributed by atoms with van der Waals surface area (Å²) in [6, 6.07) is 7.93. The van der Waals surface area contributed by atoms with Gasteiger partial charge in [0.15, 0.2) is 0 Å². The van der Waals surface area contributed by atoms with E-state index in [1.165, 1.54) is 12.3 Å². The van der Waals surface area contributed by atoms with Gasteiger partial charge in [-0.05, 0) is 37.9 Å². The molecule has 1 amide bonds. The molecule has 23 heavy (non-hydrogen) atoms. The van der Waals surface area contributed by atoms with Gasteiger partial charge in [0, 0.05) is 25.8 Å². The molecule has 1 heterocycles. The van der Waals surface area contributed by atoms with E-state index in [1.54, 1.807) is 23.1 Å². The largest absolute Gasteiger partial charge is 0.508 e. The molecule has 1 aromatic carbocycles. The molecule has 0 bridgehead atoms. The summed E-state index contributed by atoms with van der Waals surface area (Å²) in [5, 5.41) is 9.56. The Morgan fingerprint density at radius 1 is 1.22 bits per heavy atom. The first kappa shape index (κ1) is 16.9. The highest BCUT2D eigenvalue weighted by molar-refractivity contribution is 5.93. The van der Waals surface area contributed by atoms with Crippen LogP contribution in [0.2, 0.25) is 0 Å². The Morgan fingerprint density at radius 2 is 2.00 bits per heavy atom. The van der Waals surface area contributed by atoms with Crippen LogP contribution < -0.4 is 0 Å². The summed E-state index contributed by atoms with van der Waals surface area (Å²) in [5.74, 6) is -0.683. The lowest BCUT2D eigenvalue weighted by molar-refractivity contribution is 0.0731. The van der Waals surface area contributed by atoms with Crippen LogP contribution >= 0.6 is 0 Å². The van der Waals surface area contributed by atoms with Crippen LogP contribution in [0.15, 0.2) is 42.7 Å². The highest BCUT2D eigenvalue weighted by atomic mass is 19.1. The molecule has 6 heteroatoms. The van der Waals surface area contributed by atoms with Crippen molar-refractivity contribution in [3.05, 3.63) is 59.7 Å². The molecule has 0 aliphatic heterocycles. The summed E-state index contributed by atoms with van der Waals surface area (Å²) in [5.41, 5.74) is 1.02. The van der Waals surface area contributed by atoms with Crippen molar-refractivity contribution in [2.24, 2.45) is 0 Å². The molecule has 0 atom stereocenters. The Bertz CT molecular complexity index is 676. The molecule has 0 radical (unpaired) electrons. The second-order valence-electron chi connectivity index (χ2n) is 5.59. The quantitative estimate of drug-likeness (QED) is 0.887. The minimum absolute atomic E-state index is 0.148. The Labute approximate surface area is 135 Å². The van der Waals surface area contributed by atoms with Crippen molar-refractivity contribution in [3.63, 3.8) is 0 Å². The molecular weight excluding hydrogens is 297 g/mol. The van der Waals surface area contributed by atoms with Gasteiger partial charge in [0.1, 0.15) is 11.6 Å². The zero-order valence-corrected chi connectivity index (χ0v) is 13.2. The number of phenolic OH excluding ortho intramolecular Hbond substituents is 1. The van der Waals surface area contributed by atoms with Crippen LogP contribution in [0.25, 0.3) is 0 Å². The van der Waals surface area contributed by atoms with E-state index in [9.17, 15) is 14.3 Å². The molecule has 1 N–H and O–H groups in total. The van der Waals surface area contributed by atoms with Crippen molar-refractivity contribution in [3.8, 4) is 5.75 Å². The highest BCUT2D eigenvalue weighted by Crippen LogP contribution is 2.15. The van der Waals surface area contributed by atoms with Crippen molar-refractivity contribution < 1.29 is 14.3 Å². The zero-order chi connectivity index (χ0) is 16.8. The summed E-state index contributed by atoms with van der Waals surface area (Å²) >= 11 is 0. The van der Waals surface area contributed by atoms with Crippen LogP contribution in [-0.4, -0.2) is 53.0 Å². The molecule has 2 rings (SSSR count). The van der Waals surface area contributed by atoms with Gasteiger partial charge in [-0.15, -0.1) is 0 Å². The van der Waals surface area contributed by atoms with Crippen molar-refractivity contribution >= 4 is 5.91 Å². The van der Waals surface area contributed by atoms with E-state index in [-0.39, 0.29) is 17.2 Å². The predicted octanol–water partition coefficient (Wildman–Crippen LogP) is 2.13. The predicted molar refractivity (Wildman–Crippen MR) is 85.6 cm³/mol. The summed E-state index contributed by atoms with van der Waals surface area (Å²) in [6.07, 6.45) is 2.42. The van der Waals surface area contributed by atoms with Crippen molar-refractivity contribution in [2.45, 2.75) is 6.54 Å². The van der Waals surface area contributed by atoms with Gasteiger partial charge in [-0.3, -0.25) is 9.78 Å². The molecule has 122 valence electrons. The van der Waals surface area contributed by atoms with Crippen LogP contribution in [0.4, 0.5) is 4.39 Å². The molecule has 0 aliphatic carbocycles. The standard InChI is InChI=1S/C17H20FN3O2/c1-20(2)6-7-21(12-13-4-3-5-16(22)8-13)17(23)14-9-15(18)11-19-10-14/h3-5,8-11,22H,6-7,12H2,1-2H3. The zero-order valence-electron chi connectivity index (χ0n) is 13.2. The van der Waals surface area contributed by atoms with Crippen LogP contribution in [0, 0.1) is 5.82 Å². The average Bonchev–Trinajstić information content (AvgIpc) is 2.50. The number of hydrogen-bond acceptors (Lipinski definition) is 4. The summed E-state index contributed by atoms with van der Waals surface area (Å²) in [7, 11) is 3.83. The SMILES string of the molecule is CN(C)CCN(Cc1cccc(O)c1)C(=O)c1cncc(F)c1. The molecule has 0 spiro atoms. The summed E-state index contributed by atoms with van der Waals surface area (Å²) in [4.78, 5) is 19.9. The second kappa shape index (κ2) is 7.69. The number of halogens is 1. The molecule has 5 nitrogen and oxygen atoms in total. The molecule has 2 aromatic rings. The lowest BCUT2D eigenvalue weighted by atomic mass is 10.1. The molecule has 0 fully saturated rings. The van der Waals surface area contributed by atoms with Gasteiger partial charge in [-0.25, -0.2) is 4.39 Å². The van der Waals surface area contributed by atoms with Gasteiger partial charge in [0.2, 0.25) is 0 Å². The van der Waals surface area contributed by atoms with Gasteiger partial charge >= 0.3 is 0 Å². The molecule has 0 saturated carbocycles. The molecule has 0 aliphatic rings. The first-order chi connectivity index (χ1) is 11.0. The average molecular weight is 317 g/mol. The van der Waals surface area contributed by atoms with Crippen molar-refractivity contribution in [2.75, 3.05) is 27.2 Å². The molecular formula is C17H20FN3O2. The minimum Gasteiger partial charge on any atom is -0.508 e. The minimum atomic E-state index is -0.541. The van der Waals surface area contributed by atoms with Crippen molar-refractivity contribution in [1.82, 2.24) is 14.8 Å². The van der Waals surface area contributed by atoms with Gasteiger partial charge in [-0.1, -0.05) is 12.1 Å². The maximum absolute atomic E-state index is 13.3. The maximum Gasteiger partial charge on any atom is 0.255 e. The Kier molecular flexibility index (Phi) is 5.65. The second-order valence-corrected chi connectivity index (χ2v) is 5.59. The number of aromatic nitrogens is 1. The highest BCUT2D eigenvalue weighted by Gasteiger charge is 2.17. The van der Waals surface area contributed by atoms with Gasteiger partial charge in [-0.2, -0.15) is 0 Å². The van der Waals surface area contributed by atoms with E-state index < -0.39 is 5.82 Å². The monoisotopic (exact) mass is 317 g/mol. The number of aromatic hydroxyl groups is 1. The van der Waals surface area contributed by atoms with E-state index in [0.29, 0.717) is 19.6 Å². The maximum atomic E-state index is 13.3. The molecule has 0 unspecified atom stereocenters. The lowest BCUT2D eigenvalue weighted by Crippen LogP contribution is -2.36. The first-order valence-corrected chi connectivity index (χ1v) is 7.28. The number of phenols is 1. The summed E-state index contributed by atoms with van der Waals surface area (Å²) < 4.78 is 13.3. The lowest BCUT2D eigenvalue weighted by Gasteiger charge is -2.24. The first-order valence-electron chi connectivity index (χ1n) is 7.28. The smallest absolute Gasteiger partial charge is 0.255 e. The number of likely N-dealkylation sites (N-methyl/N-ethyl adjacent to an activating group) is 1. The van der Waals surface area contributed by atoms with Crippen LogP contribution in [-0.2, 0) is 6.54 Å². The topological polar surface area (TPSA) is 56.7 Å². The van der Waals surface area contributed by atoms with Crippen LogP contribution in [0.5, 0.6) is 5.75 Å². The third-order valence-corrected chi connectivity index (χ3v) is 3.34. The van der Waals surface area contributed by atoms with E-state index in [1.807, 2.05) is 25.1 Å². The van der Waals surface area contributed by atoms with E-state index >= 15 is 0 Å². The number of carbonyl (C=O) groups excluding carboxylic acids is 1. The van der Waals surface area contributed by atoms with Gasteiger partial charge < -0.3 is 14.9 Å². The van der Waals surface area contributed by atoms with E-state index in [0.717, 1.165) is 11.8 Å². The molecule has 1 aromatic heterocycles. The number of pyridine rings is 1. The van der Waals surface area contributed by atoms with Crippen LogP contribution in [0.3, 0.4) is 0 Å². The van der Waals surface area contributed by atoms with E-state index in [2.05, 4.69) is 4.98 Å². The number of nitrogens with zero attached hydrogens (tertiary/aromatic N) is 3. The van der Waals surface area contributed by atoms with Crippen LogP contribution in [0.1, 0.15) is 15.9 Å². The fourth-order valence-corrected chi connectivity index (χ4v) is 2.16. The number of rotatable bonds is 6. The number of hydrogen-bond donors (Lipinski definition) is 1. The summed E-state index contributed by atoms with van der Waals surface area (Å²) in [6.45, 7) is 1.49. The fourth-order valence-electron chi connectivity index (χ4n) is 2.16. The van der Waals surface area contributed by atoms with Crippen molar-refractivity contribution in [1.29, 1.82) is 0 Å². The third kappa shape index (κ3) is 5.03. The number of amides is 1. The van der Waals surface area contributed by atoms with E-state index in [4.69, 9.17) is 0 Å². The fraction of sp³-hybridized carbons (Fsp3) is 0.294. The third-order valence-electron chi connectivity index (χ3n) is 3.34. The number of carbonyl (C=O) groups is 1. The Morgan fingerprint density at radius 3 is 2.65 bits per heavy atom. The Hall–Kier alpha value is -2.47. The van der Waals surface area contributed by atoms with Gasteiger partial charge in [0.05, 0.1) is 11.8 Å². The normalized spacial score (nSPS) is 10.8. The molecule has 0 saturated heterocycles. The number of benzene rings is 1. The Balaban J connectivity index is 2.20.